The summed E-state index contributed by atoms with van der Waals surface area (Å²) in [6.45, 7) is 1.90. The van der Waals surface area contributed by atoms with Crippen LogP contribution in [0, 0.1) is 6.92 Å². The Morgan fingerprint density at radius 1 is 1.07 bits per heavy atom. The standard InChI is InChI=1S/C24H23N5O/c1-14-3-7-19(27-26-14)15-9-10-29(23(30)11-15)17-5-6-18-21(13-17)28(2)22-12-16-4-8-20(25-16)24(18)22/h3,5-7,9-11,13,16,20,25H,4,8,12H2,1-2H3. The Kier molecular flexibility index (Phi) is 3.74. The second kappa shape index (κ2) is 6.37. The summed E-state index contributed by atoms with van der Waals surface area (Å²) in [5, 5.41) is 13.3. The molecule has 0 amide bonds. The molecule has 0 radical (unpaired) electrons. The molecular weight excluding hydrogens is 374 g/mol. The Morgan fingerprint density at radius 3 is 2.77 bits per heavy atom. The lowest BCUT2D eigenvalue weighted by molar-refractivity contribution is 0.504. The van der Waals surface area contributed by atoms with E-state index in [1.807, 2.05) is 31.3 Å². The number of rotatable bonds is 2. The summed E-state index contributed by atoms with van der Waals surface area (Å²) in [5.41, 5.74) is 7.22. The number of benzene rings is 1. The Bertz CT molecular complexity index is 1350. The third-order valence-electron chi connectivity index (χ3n) is 6.67. The van der Waals surface area contributed by atoms with E-state index in [1.54, 1.807) is 10.6 Å². The second-order valence-electron chi connectivity index (χ2n) is 8.50. The first-order chi connectivity index (χ1) is 14.6. The monoisotopic (exact) mass is 397 g/mol. The van der Waals surface area contributed by atoms with Crippen LogP contribution in [0.1, 0.15) is 35.8 Å². The highest BCUT2D eigenvalue weighted by Crippen LogP contribution is 2.41. The SMILES string of the molecule is Cc1ccc(-c2ccn(-c3ccc4c5c(n(C)c4c3)CC3CCC5N3)c(=O)c2)nn1. The van der Waals surface area contributed by atoms with Crippen LogP contribution in [0.2, 0.25) is 0 Å². The highest BCUT2D eigenvalue weighted by Gasteiger charge is 2.35. The van der Waals surface area contributed by atoms with E-state index in [-0.39, 0.29) is 5.56 Å². The molecule has 3 aromatic heterocycles. The average Bonchev–Trinajstić information content (AvgIpc) is 3.27. The molecule has 1 aromatic carbocycles. The molecule has 1 saturated heterocycles. The molecular formula is C24H23N5O. The maximum atomic E-state index is 12.9. The van der Waals surface area contributed by atoms with Crippen LogP contribution in [-0.4, -0.2) is 25.4 Å². The van der Waals surface area contributed by atoms with Gasteiger partial charge >= 0.3 is 0 Å². The molecule has 1 fully saturated rings. The molecule has 6 nitrogen and oxygen atoms in total. The van der Waals surface area contributed by atoms with Gasteiger partial charge < -0.3 is 9.88 Å². The second-order valence-corrected chi connectivity index (χ2v) is 8.50. The van der Waals surface area contributed by atoms with Gasteiger partial charge in [-0.25, -0.2) is 0 Å². The number of fused-ring (bicyclic) bond motifs is 6. The van der Waals surface area contributed by atoms with Crippen LogP contribution in [0.4, 0.5) is 0 Å². The van der Waals surface area contributed by atoms with Crippen LogP contribution in [0.15, 0.2) is 53.5 Å². The van der Waals surface area contributed by atoms with Gasteiger partial charge in [0.05, 0.1) is 22.6 Å². The van der Waals surface area contributed by atoms with Gasteiger partial charge in [-0.15, -0.1) is 0 Å². The molecule has 5 heterocycles. The fourth-order valence-electron chi connectivity index (χ4n) is 5.14. The van der Waals surface area contributed by atoms with E-state index in [4.69, 9.17) is 0 Å². The van der Waals surface area contributed by atoms with Gasteiger partial charge in [0.15, 0.2) is 0 Å². The van der Waals surface area contributed by atoms with E-state index in [0.717, 1.165) is 23.4 Å². The van der Waals surface area contributed by atoms with E-state index in [0.29, 0.717) is 17.8 Å². The molecule has 150 valence electrons. The van der Waals surface area contributed by atoms with Crippen LogP contribution in [0.5, 0.6) is 0 Å². The highest BCUT2D eigenvalue weighted by molar-refractivity contribution is 5.88. The van der Waals surface area contributed by atoms with Crippen LogP contribution in [0.3, 0.4) is 0 Å². The van der Waals surface area contributed by atoms with Gasteiger partial charge in [-0.05, 0) is 55.7 Å². The van der Waals surface area contributed by atoms with Crippen molar-refractivity contribution < 1.29 is 0 Å². The maximum Gasteiger partial charge on any atom is 0.255 e. The summed E-state index contributed by atoms with van der Waals surface area (Å²) >= 11 is 0. The van der Waals surface area contributed by atoms with E-state index in [9.17, 15) is 4.79 Å². The van der Waals surface area contributed by atoms with Crippen LogP contribution in [0.25, 0.3) is 27.8 Å². The zero-order valence-electron chi connectivity index (χ0n) is 17.1. The number of nitrogens with one attached hydrogen (secondary N) is 1. The average molecular weight is 397 g/mol. The fourth-order valence-corrected chi connectivity index (χ4v) is 5.14. The Labute approximate surface area is 174 Å². The lowest BCUT2D eigenvalue weighted by atomic mass is 9.99. The van der Waals surface area contributed by atoms with Crippen molar-refractivity contribution >= 4 is 10.9 Å². The van der Waals surface area contributed by atoms with Gasteiger partial charge in [0.25, 0.3) is 5.56 Å². The number of hydrogen-bond donors (Lipinski definition) is 1. The predicted molar refractivity (Wildman–Crippen MR) is 117 cm³/mol. The first-order valence-corrected chi connectivity index (χ1v) is 10.5. The van der Waals surface area contributed by atoms with Gasteiger partial charge in [-0.3, -0.25) is 9.36 Å². The number of aryl methyl sites for hydroxylation is 2. The molecule has 1 N–H and O–H groups in total. The summed E-state index contributed by atoms with van der Waals surface area (Å²) in [6, 6.07) is 14.8. The molecule has 6 heteroatoms. The zero-order chi connectivity index (χ0) is 20.4. The summed E-state index contributed by atoms with van der Waals surface area (Å²) in [5.74, 6) is 0. The third kappa shape index (κ3) is 2.57. The first kappa shape index (κ1) is 17.6. The quantitative estimate of drug-likeness (QED) is 0.563. The summed E-state index contributed by atoms with van der Waals surface area (Å²) in [4.78, 5) is 12.9. The number of nitrogens with zero attached hydrogens (tertiary/aromatic N) is 4. The van der Waals surface area contributed by atoms with Crippen molar-refractivity contribution in [1.29, 1.82) is 0 Å². The lowest BCUT2D eigenvalue weighted by Gasteiger charge is -2.23. The minimum Gasteiger partial charge on any atom is -0.347 e. The van der Waals surface area contributed by atoms with E-state index in [2.05, 4.69) is 45.3 Å². The van der Waals surface area contributed by atoms with Gasteiger partial charge in [0, 0.05) is 54.5 Å². The molecule has 30 heavy (non-hydrogen) atoms. The van der Waals surface area contributed by atoms with Gasteiger partial charge in [0.1, 0.15) is 0 Å². The zero-order valence-corrected chi connectivity index (χ0v) is 17.1. The van der Waals surface area contributed by atoms with Gasteiger partial charge in [-0.1, -0.05) is 6.07 Å². The van der Waals surface area contributed by atoms with Crippen molar-refractivity contribution in [2.45, 2.75) is 38.3 Å². The van der Waals surface area contributed by atoms with Crippen LogP contribution >= 0.6 is 0 Å². The number of pyridine rings is 1. The molecule has 2 unspecified atom stereocenters. The van der Waals surface area contributed by atoms with Crippen molar-refractivity contribution in [2.75, 3.05) is 0 Å². The van der Waals surface area contributed by atoms with E-state index in [1.165, 1.54) is 35.0 Å². The third-order valence-corrected chi connectivity index (χ3v) is 6.67. The number of aromatic nitrogens is 4. The minimum absolute atomic E-state index is 0.0751. The lowest BCUT2D eigenvalue weighted by Crippen LogP contribution is -2.32. The van der Waals surface area contributed by atoms with Crippen molar-refractivity contribution in [3.05, 3.63) is 76.0 Å². The summed E-state index contributed by atoms with van der Waals surface area (Å²) in [7, 11) is 2.15. The van der Waals surface area contributed by atoms with Gasteiger partial charge in [-0.2, -0.15) is 10.2 Å². The summed E-state index contributed by atoms with van der Waals surface area (Å²) < 4.78 is 4.02. The molecule has 6 rings (SSSR count). The van der Waals surface area contributed by atoms with Crippen molar-refractivity contribution in [2.24, 2.45) is 7.05 Å². The molecule has 2 bridgehead atoms. The van der Waals surface area contributed by atoms with E-state index < -0.39 is 0 Å². The Morgan fingerprint density at radius 2 is 1.97 bits per heavy atom. The molecule has 0 aliphatic carbocycles. The fraction of sp³-hybridized carbons (Fsp3) is 0.292. The van der Waals surface area contributed by atoms with E-state index >= 15 is 0 Å². The van der Waals surface area contributed by atoms with Crippen LogP contribution in [-0.2, 0) is 13.5 Å². The maximum absolute atomic E-state index is 12.9. The summed E-state index contributed by atoms with van der Waals surface area (Å²) in [6.07, 6.45) is 5.37. The molecule has 2 atom stereocenters. The molecule has 2 aliphatic heterocycles. The van der Waals surface area contributed by atoms with Crippen molar-refractivity contribution in [3.63, 3.8) is 0 Å². The van der Waals surface area contributed by atoms with Crippen molar-refractivity contribution in [3.8, 4) is 16.9 Å². The molecule has 4 aromatic rings. The topological polar surface area (TPSA) is 64.7 Å². The highest BCUT2D eigenvalue weighted by atomic mass is 16.1. The predicted octanol–water partition coefficient (Wildman–Crippen LogP) is 3.44. The Balaban J connectivity index is 1.44. The smallest absolute Gasteiger partial charge is 0.255 e. The van der Waals surface area contributed by atoms with Crippen molar-refractivity contribution in [1.82, 2.24) is 24.6 Å². The first-order valence-electron chi connectivity index (χ1n) is 10.5. The molecule has 2 aliphatic rings. The molecule has 0 saturated carbocycles. The normalized spacial score (nSPS) is 19.9. The number of hydrogen-bond acceptors (Lipinski definition) is 4. The Hall–Kier alpha value is -3.25. The van der Waals surface area contributed by atoms with Crippen LogP contribution < -0.4 is 10.9 Å². The van der Waals surface area contributed by atoms with Gasteiger partial charge in [0.2, 0.25) is 0 Å². The molecule has 0 spiro atoms. The minimum atomic E-state index is -0.0751. The largest absolute Gasteiger partial charge is 0.347 e.